The van der Waals surface area contributed by atoms with Gasteiger partial charge >= 0.3 is 5.97 Å². The Hall–Kier alpha value is -1.98. The third kappa shape index (κ3) is 2.95. The average Bonchev–Trinajstić information content (AvgIpc) is 2.67. The van der Waals surface area contributed by atoms with E-state index in [4.69, 9.17) is 5.11 Å². The van der Waals surface area contributed by atoms with Crippen molar-refractivity contribution < 1.29 is 23.5 Å². The van der Waals surface area contributed by atoms with Crippen molar-refractivity contribution in [1.82, 2.24) is 4.90 Å². The summed E-state index contributed by atoms with van der Waals surface area (Å²) in [5, 5.41) is 8.81. The van der Waals surface area contributed by atoms with E-state index >= 15 is 0 Å². The van der Waals surface area contributed by atoms with Gasteiger partial charge in [0.25, 0.3) is 0 Å². The Morgan fingerprint density at radius 3 is 2.80 bits per heavy atom. The van der Waals surface area contributed by atoms with E-state index in [0.29, 0.717) is 12.0 Å². The van der Waals surface area contributed by atoms with Crippen LogP contribution in [0.5, 0.6) is 0 Å². The van der Waals surface area contributed by atoms with Gasteiger partial charge in [-0.3, -0.25) is 9.59 Å². The molecule has 1 fully saturated rings. The first-order valence-electron chi connectivity index (χ1n) is 6.34. The lowest BCUT2D eigenvalue weighted by molar-refractivity contribution is -0.139. The zero-order chi connectivity index (χ0) is 14.9. The molecule has 0 unspecified atom stereocenters. The second-order valence-electron chi connectivity index (χ2n) is 5.03. The van der Waals surface area contributed by atoms with E-state index in [1.54, 1.807) is 6.92 Å². The van der Waals surface area contributed by atoms with Gasteiger partial charge in [-0.1, -0.05) is 6.07 Å². The van der Waals surface area contributed by atoms with E-state index < -0.39 is 23.6 Å². The second kappa shape index (κ2) is 5.56. The molecule has 1 heterocycles. The Labute approximate surface area is 115 Å². The maximum Gasteiger partial charge on any atom is 0.305 e. The summed E-state index contributed by atoms with van der Waals surface area (Å²) in [6, 6.07) is 2.10. The molecule has 0 bridgehead atoms. The number of aryl methyl sites for hydroxylation is 1. The fraction of sp³-hybridized carbons (Fsp3) is 0.429. The van der Waals surface area contributed by atoms with Crippen molar-refractivity contribution in [2.75, 3.05) is 0 Å². The number of carbonyl (C=O) groups is 2. The van der Waals surface area contributed by atoms with Crippen LogP contribution in [0.3, 0.4) is 0 Å². The maximum absolute atomic E-state index is 13.7. The fourth-order valence-corrected chi connectivity index (χ4v) is 2.52. The second-order valence-corrected chi connectivity index (χ2v) is 5.03. The summed E-state index contributed by atoms with van der Waals surface area (Å²) in [4.78, 5) is 23.9. The number of rotatable bonds is 4. The minimum absolute atomic E-state index is 0.0770. The van der Waals surface area contributed by atoms with Gasteiger partial charge in [0.15, 0.2) is 11.6 Å². The molecule has 1 aliphatic rings. The predicted octanol–water partition coefficient (Wildman–Crippen LogP) is 2.24. The molecule has 1 saturated heterocycles. The minimum Gasteiger partial charge on any atom is -0.481 e. The molecule has 0 spiro atoms. The van der Waals surface area contributed by atoms with E-state index in [1.165, 1.54) is 11.0 Å². The van der Waals surface area contributed by atoms with Crippen LogP contribution in [0.1, 0.15) is 30.4 Å². The van der Waals surface area contributed by atoms with Crippen LogP contribution in [-0.2, 0) is 16.1 Å². The monoisotopic (exact) mass is 283 g/mol. The molecule has 4 nitrogen and oxygen atoms in total. The van der Waals surface area contributed by atoms with Crippen LogP contribution in [0, 0.1) is 18.6 Å². The Kier molecular flexibility index (Phi) is 4.01. The first kappa shape index (κ1) is 14.4. The molecule has 0 saturated carbocycles. The number of amides is 1. The van der Waals surface area contributed by atoms with Gasteiger partial charge in [-0.05, 0) is 25.0 Å². The van der Waals surface area contributed by atoms with Crippen LogP contribution in [-0.4, -0.2) is 27.9 Å². The molecule has 0 aromatic heterocycles. The van der Waals surface area contributed by atoms with Gasteiger partial charge in [0.2, 0.25) is 5.91 Å². The molecule has 0 aliphatic carbocycles. The molecule has 2 rings (SSSR count). The molecule has 1 atom stereocenters. The lowest BCUT2D eigenvalue weighted by Gasteiger charge is -2.24. The number of nitrogens with zero attached hydrogens (tertiary/aromatic N) is 1. The molecule has 108 valence electrons. The number of halogens is 2. The zero-order valence-electron chi connectivity index (χ0n) is 11.0. The van der Waals surface area contributed by atoms with Gasteiger partial charge < -0.3 is 10.0 Å². The number of likely N-dealkylation sites (tertiary alicyclic amines) is 1. The number of hydrogen-bond donors (Lipinski definition) is 1. The van der Waals surface area contributed by atoms with Gasteiger partial charge in [0, 0.05) is 24.6 Å². The maximum atomic E-state index is 13.7. The molecular formula is C14H15F2NO3. The van der Waals surface area contributed by atoms with Gasteiger partial charge in [0.1, 0.15) is 0 Å². The summed E-state index contributed by atoms with van der Waals surface area (Å²) in [7, 11) is 0. The highest BCUT2D eigenvalue weighted by Crippen LogP contribution is 2.25. The standard InChI is InChI=1S/C14H15F2NO3/c1-8-4-9(14(16)11(15)5-8)7-17-10(6-13(19)20)2-3-12(17)18/h4-5,10H,2-3,6-7H2,1H3,(H,19,20)/t10-/m0/s1. The number of benzene rings is 1. The Balaban J connectivity index is 2.23. The summed E-state index contributed by atoms with van der Waals surface area (Å²) >= 11 is 0. The molecule has 1 aliphatic heterocycles. The van der Waals surface area contributed by atoms with Crippen molar-refractivity contribution in [2.45, 2.75) is 38.8 Å². The number of aliphatic carboxylic acids is 1. The predicted molar refractivity (Wildman–Crippen MR) is 66.9 cm³/mol. The molecule has 0 radical (unpaired) electrons. The first-order chi connectivity index (χ1) is 9.38. The van der Waals surface area contributed by atoms with E-state index in [0.717, 1.165) is 6.07 Å². The largest absolute Gasteiger partial charge is 0.481 e. The number of hydrogen-bond acceptors (Lipinski definition) is 2. The van der Waals surface area contributed by atoms with Crippen LogP contribution in [0.4, 0.5) is 8.78 Å². The normalized spacial score (nSPS) is 18.6. The quantitative estimate of drug-likeness (QED) is 0.922. The van der Waals surface area contributed by atoms with Crippen molar-refractivity contribution >= 4 is 11.9 Å². The van der Waals surface area contributed by atoms with Crippen LogP contribution in [0.2, 0.25) is 0 Å². The number of carboxylic acid groups (broad SMARTS) is 1. The minimum atomic E-state index is -1.01. The molecule has 1 aromatic carbocycles. The number of carbonyl (C=O) groups excluding carboxylic acids is 1. The van der Waals surface area contributed by atoms with Gasteiger partial charge in [-0.25, -0.2) is 8.78 Å². The van der Waals surface area contributed by atoms with Crippen molar-refractivity contribution in [3.8, 4) is 0 Å². The molecule has 6 heteroatoms. The Morgan fingerprint density at radius 2 is 2.15 bits per heavy atom. The topological polar surface area (TPSA) is 57.6 Å². The summed E-state index contributed by atoms with van der Waals surface area (Å²) < 4.78 is 27.1. The van der Waals surface area contributed by atoms with Crippen LogP contribution < -0.4 is 0 Å². The summed E-state index contributed by atoms with van der Waals surface area (Å²) in [5.74, 6) is -3.17. The third-order valence-electron chi connectivity index (χ3n) is 3.45. The molecular weight excluding hydrogens is 268 g/mol. The van der Waals surface area contributed by atoms with Gasteiger partial charge in [0.05, 0.1) is 6.42 Å². The SMILES string of the molecule is Cc1cc(F)c(F)c(CN2C(=O)CC[C@H]2CC(=O)O)c1. The van der Waals surface area contributed by atoms with Gasteiger partial charge in [-0.15, -0.1) is 0 Å². The molecule has 1 N–H and O–H groups in total. The highest BCUT2D eigenvalue weighted by Gasteiger charge is 2.33. The highest BCUT2D eigenvalue weighted by atomic mass is 19.2. The van der Waals surface area contributed by atoms with Gasteiger partial charge in [-0.2, -0.15) is 0 Å². The summed E-state index contributed by atoms with van der Waals surface area (Å²) in [6.45, 7) is 1.54. The third-order valence-corrected chi connectivity index (χ3v) is 3.45. The van der Waals surface area contributed by atoms with Crippen LogP contribution >= 0.6 is 0 Å². The average molecular weight is 283 g/mol. The van der Waals surface area contributed by atoms with E-state index in [9.17, 15) is 18.4 Å². The van der Waals surface area contributed by atoms with Crippen molar-refractivity contribution in [2.24, 2.45) is 0 Å². The smallest absolute Gasteiger partial charge is 0.305 e. The fourth-order valence-electron chi connectivity index (χ4n) is 2.52. The van der Waals surface area contributed by atoms with Crippen molar-refractivity contribution in [1.29, 1.82) is 0 Å². The first-order valence-corrected chi connectivity index (χ1v) is 6.34. The zero-order valence-corrected chi connectivity index (χ0v) is 11.0. The molecule has 1 aromatic rings. The Bertz CT molecular complexity index is 560. The molecule has 20 heavy (non-hydrogen) atoms. The summed E-state index contributed by atoms with van der Waals surface area (Å²) in [5.41, 5.74) is 0.633. The van der Waals surface area contributed by atoms with Crippen molar-refractivity contribution in [3.05, 3.63) is 34.9 Å². The van der Waals surface area contributed by atoms with E-state index in [2.05, 4.69) is 0 Å². The van der Waals surface area contributed by atoms with Crippen molar-refractivity contribution in [3.63, 3.8) is 0 Å². The highest BCUT2D eigenvalue weighted by molar-refractivity contribution is 5.80. The lowest BCUT2D eigenvalue weighted by Crippen LogP contribution is -2.34. The van der Waals surface area contributed by atoms with Crippen LogP contribution in [0.25, 0.3) is 0 Å². The summed E-state index contributed by atoms with van der Waals surface area (Å²) in [6.07, 6.45) is 0.497. The lowest BCUT2D eigenvalue weighted by atomic mass is 10.1. The van der Waals surface area contributed by atoms with E-state index in [-0.39, 0.29) is 30.9 Å². The Morgan fingerprint density at radius 1 is 1.45 bits per heavy atom. The molecule has 1 amide bonds. The van der Waals surface area contributed by atoms with Crippen LogP contribution in [0.15, 0.2) is 12.1 Å². The number of carboxylic acids is 1. The van der Waals surface area contributed by atoms with E-state index in [1.807, 2.05) is 0 Å².